The molecule has 1 aliphatic carbocycles. The lowest BCUT2D eigenvalue weighted by atomic mass is 9.94. The van der Waals surface area contributed by atoms with Gasteiger partial charge in [-0.25, -0.2) is 19.2 Å². The highest BCUT2D eigenvalue weighted by Gasteiger charge is 2.57. The van der Waals surface area contributed by atoms with Crippen molar-refractivity contribution in [2.45, 2.75) is 110 Å². The summed E-state index contributed by atoms with van der Waals surface area (Å²) >= 11 is 0. The van der Waals surface area contributed by atoms with E-state index in [2.05, 4.69) is 0 Å². The number of amides is 2. The fraction of sp³-hybridized carbons (Fsp3) is 0.476. The van der Waals surface area contributed by atoms with Gasteiger partial charge in [0.05, 0.1) is 0 Å². The van der Waals surface area contributed by atoms with Gasteiger partial charge in [0.15, 0.2) is 19.0 Å². The van der Waals surface area contributed by atoms with Crippen LogP contribution in [0, 0.1) is 5.92 Å². The van der Waals surface area contributed by atoms with Crippen LogP contribution in [0.15, 0.2) is 60.7 Å². The Hall–Kier alpha value is -5.26. The third kappa shape index (κ3) is 8.42. The Balaban J connectivity index is 1.08. The average Bonchev–Trinajstić information content (AvgIpc) is 3.58. The number of hydrogen-bond acceptors (Lipinski definition) is 10. The number of fused-ring (bicyclic) bond motifs is 2. The van der Waals surface area contributed by atoms with E-state index < -0.39 is 66.4 Å². The van der Waals surface area contributed by atoms with Gasteiger partial charge in [-0.2, -0.15) is 0 Å². The Morgan fingerprint density at radius 2 is 1.22 bits per heavy atom. The van der Waals surface area contributed by atoms with Crippen molar-refractivity contribution < 1.29 is 47.7 Å². The summed E-state index contributed by atoms with van der Waals surface area (Å²) in [5.41, 5.74) is 0.916. The molecule has 6 rings (SSSR count). The normalized spacial score (nSPS) is 22.0. The summed E-state index contributed by atoms with van der Waals surface area (Å²) in [7, 11) is 0. The molecule has 12 nitrogen and oxygen atoms in total. The summed E-state index contributed by atoms with van der Waals surface area (Å²) in [5, 5.41) is 1.46. The number of benzene rings is 3. The fourth-order valence-electron chi connectivity index (χ4n) is 7.35. The van der Waals surface area contributed by atoms with Crippen molar-refractivity contribution in [3.05, 3.63) is 71.8 Å². The lowest BCUT2D eigenvalue weighted by Gasteiger charge is -2.30. The van der Waals surface area contributed by atoms with Gasteiger partial charge in [0.1, 0.15) is 23.3 Å². The summed E-state index contributed by atoms with van der Waals surface area (Å²) in [6.45, 7) is 11.5. The lowest BCUT2D eigenvalue weighted by Crippen LogP contribution is -2.47. The van der Waals surface area contributed by atoms with Crippen molar-refractivity contribution in [2.75, 3.05) is 13.2 Å². The molecule has 1 saturated carbocycles. The molecule has 0 radical (unpaired) electrons. The zero-order valence-corrected chi connectivity index (χ0v) is 31.9. The second-order valence-electron chi connectivity index (χ2n) is 16.4. The quantitative estimate of drug-likeness (QED) is 0.126. The molecule has 2 aliphatic heterocycles. The first kappa shape index (κ1) is 38.5. The van der Waals surface area contributed by atoms with E-state index in [1.54, 1.807) is 77.9 Å². The second kappa shape index (κ2) is 14.9. The topological polar surface area (TPSA) is 146 Å². The zero-order chi connectivity index (χ0) is 39.1. The van der Waals surface area contributed by atoms with Crippen LogP contribution in [0.5, 0.6) is 0 Å². The van der Waals surface area contributed by atoms with E-state index in [-0.39, 0.29) is 23.8 Å². The maximum absolute atomic E-state index is 13.5. The molecule has 2 unspecified atom stereocenters. The molecule has 286 valence electrons. The van der Waals surface area contributed by atoms with Crippen LogP contribution in [0.4, 0.5) is 9.59 Å². The highest BCUT2D eigenvalue weighted by molar-refractivity contribution is 6.12. The van der Waals surface area contributed by atoms with Gasteiger partial charge in [-0.05, 0) is 102 Å². The van der Waals surface area contributed by atoms with Crippen LogP contribution in [-0.4, -0.2) is 94.1 Å². The molecule has 3 fully saturated rings. The Labute approximate surface area is 315 Å². The first-order valence-electron chi connectivity index (χ1n) is 18.5. The van der Waals surface area contributed by atoms with Crippen LogP contribution in [-0.2, 0) is 28.5 Å². The van der Waals surface area contributed by atoms with Gasteiger partial charge < -0.3 is 18.9 Å². The molecule has 3 aliphatic rings. The van der Waals surface area contributed by atoms with E-state index in [1.807, 2.05) is 31.2 Å². The Kier molecular flexibility index (Phi) is 10.6. The van der Waals surface area contributed by atoms with Crippen molar-refractivity contribution in [3.63, 3.8) is 0 Å². The molecule has 3 aromatic rings. The van der Waals surface area contributed by atoms with Gasteiger partial charge in [0.2, 0.25) is 5.78 Å². The molecule has 2 amide bonds. The number of hydrogen-bond donors (Lipinski definition) is 0. The minimum Gasteiger partial charge on any atom is -0.456 e. The van der Waals surface area contributed by atoms with Crippen LogP contribution in [0.3, 0.4) is 0 Å². The molecule has 0 spiro atoms. The minimum absolute atomic E-state index is 0.0429. The molecular weight excluding hydrogens is 692 g/mol. The molecule has 5 atom stereocenters. The highest BCUT2D eigenvalue weighted by Crippen LogP contribution is 2.48. The zero-order valence-electron chi connectivity index (χ0n) is 31.9. The summed E-state index contributed by atoms with van der Waals surface area (Å²) in [5.74, 6) is -1.81. The smallest absolute Gasteiger partial charge is 0.411 e. The summed E-state index contributed by atoms with van der Waals surface area (Å²) in [6, 6.07) is 15.9. The van der Waals surface area contributed by atoms with Crippen molar-refractivity contribution in [3.8, 4) is 11.1 Å². The number of ketones is 2. The van der Waals surface area contributed by atoms with E-state index in [4.69, 9.17) is 18.9 Å². The number of esters is 2. The number of likely N-dealkylation sites (tertiary alicyclic amines) is 2. The number of nitrogens with zero attached hydrogens (tertiary/aromatic N) is 2. The Bertz CT molecular complexity index is 1980. The van der Waals surface area contributed by atoms with Crippen molar-refractivity contribution >= 4 is 46.5 Å². The predicted octanol–water partition coefficient (Wildman–Crippen LogP) is 7.14. The third-order valence-electron chi connectivity index (χ3n) is 9.96. The van der Waals surface area contributed by atoms with Crippen LogP contribution in [0.1, 0.15) is 94.9 Å². The first-order valence-corrected chi connectivity index (χ1v) is 18.5. The monoisotopic (exact) mass is 740 g/mol. The Morgan fingerprint density at radius 3 is 1.87 bits per heavy atom. The first-order chi connectivity index (χ1) is 25.4. The van der Waals surface area contributed by atoms with E-state index in [0.29, 0.717) is 35.8 Å². The van der Waals surface area contributed by atoms with Gasteiger partial charge in [-0.1, -0.05) is 60.7 Å². The van der Waals surface area contributed by atoms with Crippen LogP contribution in [0.2, 0.25) is 0 Å². The van der Waals surface area contributed by atoms with Gasteiger partial charge in [-0.3, -0.25) is 19.4 Å². The third-order valence-corrected chi connectivity index (χ3v) is 9.96. The average molecular weight is 741 g/mol. The summed E-state index contributed by atoms with van der Waals surface area (Å²) < 4.78 is 21.9. The van der Waals surface area contributed by atoms with Crippen molar-refractivity contribution in [1.29, 1.82) is 0 Å². The van der Waals surface area contributed by atoms with Crippen LogP contribution < -0.4 is 0 Å². The molecule has 2 heterocycles. The van der Waals surface area contributed by atoms with E-state index >= 15 is 0 Å². The van der Waals surface area contributed by atoms with Crippen molar-refractivity contribution in [1.82, 2.24) is 9.80 Å². The van der Waals surface area contributed by atoms with E-state index in [0.717, 1.165) is 22.9 Å². The molecule has 12 heteroatoms. The SMILES string of the molecule is C[C@@H]1CC[C@@H](C(=O)OCC(=O)c2ccc(-c3cccc4c(C(=O)COC(=O)[C@@H]5CC6CC6N5C(=O)OC(C)(C)C)cccc34)cc2)N1C(=O)OC(C)(C)C. The number of ether oxygens (including phenoxy) is 4. The minimum atomic E-state index is -0.826. The lowest BCUT2D eigenvalue weighted by molar-refractivity contribution is -0.148. The standard InChI is InChI=1S/C42H48N2O10/c1-24-14-19-32(43(24)39(49)53-41(2,3)4)37(47)51-22-35(45)26-17-15-25(16-18-26)28-10-8-12-30-29(28)11-9-13-31(30)36(46)23-52-38(48)34-21-27-20-33(27)44(34)40(50)54-42(5,6)7/h8-13,15-18,24,27,32-34H,14,19-23H2,1-7H3/t24-,27?,32+,33?,34+/m1/s1. The highest BCUT2D eigenvalue weighted by atomic mass is 16.6. The number of piperidine rings is 1. The number of carbonyl (C=O) groups is 6. The second-order valence-corrected chi connectivity index (χ2v) is 16.4. The predicted molar refractivity (Wildman–Crippen MR) is 199 cm³/mol. The van der Waals surface area contributed by atoms with Gasteiger partial charge in [0.25, 0.3) is 0 Å². The maximum Gasteiger partial charge on any atom is 0.411 e. The molecule has 0 aromatic heterocycles. The number of rotatable bonds is 9. The molecule has 2 saturated heterocycles. The molecular formula is C42H48N2O10. The maximum atomic E-state index is 13.5. The van der Waals surface area contributed by atoms with Crippen LogP contribution in [0.25, 0.3) is 21.9 Å². The van der Waals surface area contributed by atoms with Gasteiger partial charge in [-0.15, -0.1) is 0 Å². The largest absolute Gasteiger partial charge is 0.456 e. The molecule has 0 bridgehead atoms. The van der Waals surface area contributed by atoms with Crippen molar-refractivity contribution in [2.24, 2.45) is 5.92 Å². The van der Waals surface area contributed by atoms with E-state index in [1.165, 1.54) is 9.80 Å². The fourth-order valence-corrected chi connectivity index (χ4v) is 7.35. The van der Waals surface area contributed by atoms with Gasteiger partial charge >= 0.3 is 24.1 Å². The molecule has 54 heavy (non-hydrogen) atoms. The number of carbonyl (C=O) groups excluding carboxylic acids is 6. The number of Topliss-reactive ketones (excluding diaryl/α,β-unsaturated/α-hetero) is 2. The van der Waals surface area contributed by atoms with Crippen LogP contribution >= 0.6 is 0 Å². The Morgan fingerprint density at radius 1 is 0.648 bits per heavy atom. The van der Waals surface area contributed by atoms with E-state index in [9.17, 15) is 28.8 Å². The summed E-state index contributed by atoms with van der Waals surface area (Å²) in [4.78, 5) is 81.1. The molecule has 0 N–H and O–H groups in total. The summed E-state index contributed by atoms with van der Waals surface area (Å²) in [6.07, 6.45) is 1.20. The van der Waals surface area contributed by atoms with Gasteiger partial charge in [0, 0.05) is 23.2 Å². The molecule has 3 aromatic carbocycles.